The van der Waals surface area contributed by atoms with E-state index in [2.05, 4.69) is 0 Å². The molecule has 0 fully saturated rings. The van der Waals surface area contributed by atoms with Crippen LogP contribution in [0.2, 0.25) is 0 Å². The summed E-state index contributed by atoms with van der Waals surface area (Å²) in [6, 6.07) is 9.91. The summed E-state index contributed by atoms with van der Waals surface area (Å²) >= 11 is 6.38. The van der Waals surface area contributed by atoms with Gasteiger partial charge in [-0.2, -0.15) is 0 Å². The van der Waals surface area contributed by atoms with Crippen molar-refractivity contribution in [3.05, 3.63) is 30.3 Å². The van der Waals surface area contributed by atoms with Crippen molar-refractivity contribution in [1.29, 1.82) is 0 Å². The van der Waals surface area contributed by atoms with Crippen molar-refractivity contribution in [2.45, 2.75) is 18.2 Å². The lowest BCUT2D eigenvalue weighted by molar-refractivity contribution is -0.128. The first-order valence-electron chi connectivity index (χ1n) is 5.87. The van der Waals surface area contributed by atoms with E-state index in [0.29, 0.717) is 30.3 Å². The lowest BCUT2D eigenvalue weighted by Crippen LogP contribution is -2.34. The van der Waals surface area contributed by atoms with E-state index >= 15 is 0 Å². The fourth-order valence-corrected chi connectivity index (χ4v) is 2.37. The molecule has 1 rings (SSSR count). The van der Waals surface area contributed by atoms with E-state index in [-0.39, 0.29) is 5.91 Å². The van der Waals surface area contributed by atoms with Crippen molar-refractivity contribution >= 4 is 34.9 Å². The lowest BCUT2D eigenvalue weighted by atomic mass is 10.3. The van der Waals surface area contributed by atoms with Gasteiger partial charge in [0.2, 0.25) is 5.91 Å². The molecule has 0 aliphatic rings. The van der Waals surface area contributed by atoms with Gasteiger partial charge < -0.3 is 10.6 Å². The zero-order valence-electron chi connectivity index (χ0n) is 10.5. The molecule has 0 saturated heterocycles. The maximum Gasteiger partial charge on any atom is 0.232 e. The highest BCUT2D eigenvalue weighted by atomic mass is 32.2. The average Bonchev–Trinajstić information content (AvgIpc) is 2.38. The van der Waals surface area contributed by atoms with Crippen LogP contribution in [0.5, 0.6) is 0 Å². The summed E-state index contributed by atoms with van der Waals surface area (Å²) < 4.78 is 0. The van der Waals surface area contributed by atoms with Gasteiger partial charge in [0.15, 0.2) is 0 Å². The SMILES string of the molecule is CCN(CCC(N)=S)C(=O)CSc1ccccc1. The van der Waals surface area contributed by atoms with Gasteiger partial charge in [0.25, 0.3) is 0 Å². The number of nitrogens with two attached hydrogens (primary N) is 1. The molecule has 0 heterocycles. The molecule has 0 atom stereocenters. The van der Waals surface area contributed by atoms with Gasteiger partial charge in [-0.3, -0.25) is 4.79 Å². The number of amides is 1. The van der Waals surface area contributed by atoms with E-state index in [1.165, 1.54) is 0 Å². The smallest absolute Gasteiger partial charge is 0.232 e. The van der Waals surface area contributed by atoms with Crippen molar-refractivity contribution < 1.29 is 4.79 Å². The van der Waals surface area contributed by atoms with Crippen molar-refractivity contribution in [2.75, 3.05) is 18.8 Å². The van der Waals surface area contributed by atoms with Gasteiger partial charge in [0.05, 0.1) is 10.7 Å². The van der Waals surface area contributed by atoms with Crippen LogP contribution >= 0.6 is 24.0 Å². The molecule has 5 heteroatoms. The Labute approximate surface area is 118 Å². The zero-order chi connectivity index (χ0) is 13.4. The van der Waals surface area contributed by atoms with Gasteiger partial charge in [0.1, 0.15) is 0 Å². The van der Waals surface area contributed by atoms with Crippen LogP contribution in [0.4, 0.5) is 0 Å². The lowest BCUT2D eigenvalue weighted by Gasteiger charge is -2.20. The number of carbonyl (C=O) groups excluding carboxylic acids is 1. The Kier molecular flexibility index (Phi) is 6.75. The topological polar surface area (TPSA) is 46.3 Å². The number of carbonyl (C=O) groups is 1. The third-order valence-electron chi connectivity index (χ3n) is 2.47. The van der Waals surface area contributed by atoms with Crippen molar-refractivity contribution in [3.8, 4) is 0 Å². The number of thiocarbonyl (C=S) groups is 1. The van der Waals surface area contributed by atoms with Gasteiger partial charge in [-0.1, -0.05) is 30.4 Å². The van der Waals surface area contributed by atoms with Gasteiger partial charge in [0, 0.05) is 24.4 Å². The second kappa shape index (κ2) is 8.11. The van der Waals surface area contributed by atoms with Crippen LogP contribution in [0.25, 0.3) is 0 Å². The van der Waals surface area contributed by atoms with Crippen LogP contribution in [-0.4, -0.2) is 34.6 Å². The molecular formula is C13H18N2OS2. The van der Waals surface area contributed by atoms with Crippen LogP contribution in [0.15, 0.2) is 35.2 Å². The molecule has 0 aliphatic carbocycles. The maximum atomic E-state index is 12.0. The Morgan fingerprint density at radius 2 is 2.06 bits per heavy atom. The molecule has 2 N–H and O–H groups in total. The summed E-state index contributed by atoms with van der Waals surface area (Å²) in [5.41, 5.74) is 5.45. The Balaban J connectivity index is 2.40. The summed E-state index contributed by atoms with van der Waals surface area (Å²) in [7, 11) is 0. The van der Waals surface area contributed by atoms with Crippen molar-refractivity contribution in [3.63, 3.8) is 0 Å². The normalized spacial score (nSPS) is 10.1. The second-order valence-electron chi connectivity index (χ2n) is 3.79. The molecule has 0 radical (unpaired) electrons. The first-order valence-corrected chi connectivity index (χ1v) is 7.26. The van der Waals surface area contributed by atoms with E-state index in [4.69, 9.17) is 18.0 Å². The van der Waals surface area contributed by atoms with Crippen LogP contribution in [-0.2, 0) is 4.79 Å². The third kappa shape index (κ3) is 5.51. The fraction of sp³-hybridized carbons (Fsp3) is 0.385. The Morgan fingerprint density at radius 3 is 2.61 bits per heavy atom. The Hall–Kier alpha value is -1.07. The van der Waals surface area contributed by atoms with Gasteiger partial charge in [-0.05, 0) is 19.1 Å². The fourth-order valence-electron chi connectivity index (χ4n) is 1.46. The third-order valence-corrected chi connectivity index (χ3v) is 3.67. The quantitative estimate of drug-likeness (QED) is 0.616. The summed E-state index contributed by atoms with van der Waals surface area (Å²) in [5.74, 6) is 0.581. The standard InChI is InChI=1S/C13H18N2OS2/c1-2-15(9-8-12(14)17)13(16)10-18-11-6-4-3-5-7-11/h3-7H,2,8-10H2,1H3,(H2,14,17). The average molecular weight is 282 g/mol. The van der Waals surface area contributed by atoms with E-state index in [1.807, 2.05) is 37.3 Å². The van der Waals surface area contributed by atoms with Gasteiger partial charge in [-0.15, -0.1) is 11.8 Å². The zero-order valence-corrected chi connectivity index (χ0v) is 12.1. The summed E-state index contributed by atoms with van der Waals surface area (Å²) in [5, 5.41) is 0. The minimum Gasteiger partial charge on any atom is -0.393 e. The number of thioether (sulfide) groups is 1. The predicted molar refractivity (Wildman–Crippen MR) is 80.8 cm³/mol. The van der Waals surface area contributed by atoms with Crippen LogP contribution in [0, 0.1) is 0 Å². The molecule has 1 amide bonds. The Morgan fingerprint density at radius 1 is 1.39 bits per heavy atom. The van der Waals surface area contributed by atoms with Gasteiger partial charge in [-0.25, -0.2) is 0 Å². The molecule has 0 saturated carbocycles. The number of nitrogens with zero attached hydrogens (tertiary/aromatic N) is 1. The number of benzene rings is 1. The van der Waals surface area contributed by atoms with E-state index < -0.39 is 0 Å². The molecule has 0 aromatic heterocycles. The molecule has 1 aromatic carbocycles. The molecule has 1 aromatic rings. The summed E-state index contributed by atoms with van der Waals surface area (Å²) in [6.07, 6.45) is 0.588. The first-order chi connectivity index (χ1) is 8.63. The van der Waals surface area contributed by atoms with Gasteiger partial charge >= 0.3 is 0 Å². The van der Waals surface area contributed by atoms with Crippen LogP contribution < -0.4 is 5.73 Å². The highest BCUT2D eigenvalue weighted by Crippen LogP contribution is 2.17. The van der Waals surface area contributed by atoms with Crippen molar-refractivity contribution in [2.24, 2.45) is 5.73 Å². The molecule has 3 nitrogen and oxygen atoms in total. The molecule has 0 unspecified atom stereocenters. The maximum absolute atomic E-state index is 12.0. The number of rotatable bonds is 7. The molecule has 0 bridgehead atoms. The van der Waals surface area contributed by atoms with E-state index in [9.17, 15) is 4.79 Å². The van der Waals surface area contributed by atoms with Crippen LogP contribution in [0.1, 0.15) is 13.3 Å². The molecule has 0 spiro atoms. The van der Waals surface area contributed by atoms with Crippen LogP contribution in [0.3, 0.4) is 0 Å². The minimum absolute atomic E-state index is 0.127. The summed E-state index contributed by atoms with van der Waals surface area (Å²) in [4.78, 5) is 15.3. The predicted octanol–water partition coefficient (Wildman–Crippen LogP) is 2.30. The summed E-state index contributed by atoms with van der Waals surface area (Å²) in [6.45, 7) is 3.27. The number of hydrogen-bond acceptors (Lipinski definition) is 3. The van der Waals surface area contributed by atoms with E-state index in [0.717, 1.165) is 4.90 Å². The largest absolute Gasteiger partial charge is 0.393 e. The molecule has 0 aliphatic heterocycles. The second-order valence-corrected chi connectivity index (χ2v) is 5.36. The minimum atomic E-state index is 0.127. The number of hydrogen-bond donors (Lipinski definition) is 1. The molecule has 18 heavy (non-hydrogen) atoms. The Bertz CT molecular complexity index is 395. The molecule has 98 valence electrons. The van der Waals surface area contributed by atoms with E-state index in [1.54, 1.807) is 16.7 Å². The molecular weight excluding hydrogens is 264 g/mol. The first kappa shape index (κ1) is 15.0. The van der Waals surface area contributed by atoms with Crippen molar-refractivity contribution in [1.82, 2.24) is 4.90 Å². The monoisotopic (exact) mass is 282 g/mol. The highest BCUT2D eigenvalue weighted by molar-refractivity contribution is 8.00. The highest BCUT2D eigenvalue weighted by Gasteiger charge is 2.11.